The average molecular weight is 383 g/mol. The molecule has 6 heteroatoms. The van der Waals surface area contributed by atoms with Gasteiger partial charge in [0.15, 0.2) is 0 Å². The highest BCUT2D eigenvalue weighted by Crippen LogP contribution is 2.32. The number of aliphatic carboxylic acids is 1. The van der Waals surface area contributed by atoms with Crippen molar-refractivity contribution in [3.63, 3.8) is 0 Å². The van der Waals surface area contributed by atoms with Gasteiger partial charge in [0, 0.05) is 18.7 Å². The van der Waals surface area contributed by atoms with Crippen molar-refractivity contribution in [2.75, 3.05) is 19.0 Å². The number of benzene rings is 2. The predicted molar refractivity (Wildman–Crippen MR) is 106 cm³/mol. The summed E-state index contributed by atoms with van der Waals surface area (Å²) in [6.45, 7) is 0.686. The third-order valence-electron chi connectivity index (χ3n) is 5.03. The van der Waals surface area contributed by atoms with Crippen molar-refractivity contribution < 1.29 is 24.2 Å². The highest BCUT2D eigenvalue weighted by atomic mass is 16.5. The van der Waals surface area contributed by atoms with Crippen LogP contribution in [0, 0.1) is 11.8 Å². The van der Waals surface area contributed by atoms with E-state index < -0.39 is 11.9 Å². The van der Waals surface area contributed by atoms with Gasteiger partial charge >= 0.3 is 5.97 Å². The van der Waals surface area contributed by atoms with E-state index in [1.54, 1.807) is 31.4 Å². The normalized spacial score (nSPS) is 18.6. The predicted octanol–water partition coefficient (Wildman–Crippen LogP) is 4.11. The Labute approximate surface area is 164 Å². The Morgan fingerprint density at radius 2 is 1.61 bits per heavy atom. The standard InChI is InChI=1S/C22H25NO5/c1-27-13-12-15-2-8-19(9-3-15)28-20-10-6-18(7-11-20)23-21(24)16-4-5-17(14-16)22(25)26/h2-3,6-11,16-17H,4-5,12-14H2,1H3,(H,23,24)(H,25,26)/t16-,17+/m1/s1. The molecule has 148 valence electrons. The number of hydrogen-bond donors (Lipinski definition) is 2. The summed E-state index contributed by atoms with van der Waals surface area (Å²) in [5.74, 6) is -0.174. The van der Waals surface area contributed by atoms with Crippen LogP contribution >= 0.6 is 0 Å². The minimum Gasteiger partial charge on any atom is -0.481 e. The summed E-state index contributed by atoms with van der Waals surface area (Å²) in [6, 6.07) is 15.0. The first kappa shape index (κ1) is 19.9. The molecule has 0 unspecified atom stereocenters. The molecule has 3 rings (SSSR count). The van der Waals surface area contributed by atoms with Gasteiger partial charge in [0.05, 0.1) is 12.5 Å². The SMILES string of the molecule is COCCc1ccc(Oc2ccc(NC(=O)[C@@H]3CC[C@H](C(=O)O)C3)cc2)cc1. The van der Waals surface area contributed by atoms with Gasteiger partial charge in [-0.05, 0) is 67.6 Å². The number of nitrogens with one attached hydrogen (secondary N) is 1. The molecule has 0 aliphatic heterocycles. The molecular weight excluding hydrogens is 358 g/mol. The minimum atomic E-state index is -0.816. The highest BCUT2D eigenvalue weighted by molar-refractivity contribution is 5.93. The van der Waals surface area contributed by atoms with Crippen molar-refractivity contribution in [2.45, 2.75) is 25.7 Å². The van der Waals surface area contributed by atoms with Gasteiger partial charge in [-0.1, -0.05) is 12.1 Å². The molecule has 28 heavy (non-hydrogen) atoms. The molecule has 2 atom stereocenters. The maximum atomic E-state index is 12.3. The molecule has 0 spiro atoms. The maximum Gasteiger partial charge on any atom is 0.306 e. The largest absolute Gasteiger partial charge is 0.481 e. The average Bonchev–Trinajstić information content (AvgIpc) is 3.20. The van der Waals surface area contributed by atoms with E-state index in [1.165, 1.54) is 5.56 Å². The molecule has 1 aliphatic carbocycles. The van der Waals surface area contributed by atoms with Gasteiger partial charge in [-0.15, -0.1) is 0 Å². The number of ether oxygens (including phenoxy) is 2. The highest BCUT2D eigenvalue weighted by Gasteiger charge is 2.33. The third-order valence-corrected chi connectivity index (χ3v) is 5.03. The second-order valence-electron chi connectivity index (χ2n) is 7.05. The van der Waals surface area contributed by atoms with E-state index in [9.17, 15) is 9.59 Å². The van der Waals surface area contributed by atoms with Crippen LogP contribution in [0.1, 0.15) is 24.8 Å². The summed E-state index contributed by atoms with van der Waals surface area (Å²) < 4.78 is 10.9. The van der Waals surface area contributed by atoms with Crippen LogP contribution in [0.25, 0.3) is 0 Å². The fourth-order valence-corrected chi connectivity index (χ4v) is 3.37. The van der Waals surface area contributed by atoms with Crippen molar-refractivity contribution in [1.82, 2.24) is 0 Å². The number of anilines is 1. The Balaban J connectivity index is 1.52. The van der Waals surface area contributed by atoms with E-state index in [0.29, 0.717) is 37.3 Å². The lowest BCUT2D eigenvalue weighted by Gasteiger charge is -2.12. The van der Waals surface area contributed by atoms with Crippen LogP contribution in [0.4, 0.5) is 5.69 Å². The topological polar surface area (TPSA) is 84.9 Å². The Morgan fingerprint density at radius 3 is 2.18 bits per heavy atom. The van der Waals surface area contributed by atoms with Gasteiger partial charge in [0.25, 0.3) is 0 Å². The van der Waals surface area contributed by atoms with Crippen molar-refractivity contribution in [3.05, 3.63) is 54.1 Å². The number of carbonyl (C=O) groups is 2. The second-order valence-corrected chi connectivity index (χ2v) is 7.05. The van der Waals surface area contributed by atoms with Gasteiger partial charge in [0.2, 0.25) is 5.91 Å². The molecule has 2 N–H and O–H groups in total. The fourth-order valence-electron chi connectivity index (χ4n) is 3.37. The van der Waals surface area contributed by atoms with E-state index in [2.05, 4.69) is 5.32 Å². The van der Waals surface area contributed by atoms with E-state index in [4.69, 9.17) is 14.6 Å². The zero-order chi connectivity index (χ0) is 19.9. The van der Waals surface area contributed by atoms with E-state index >= 15 is 0 Å². The Bertz CT molecular complexity index is 801. The molecule has 1 fully saturated rings. The Kier molecular flexibility index (Phi) is 6.66. The van der Waals surface area contributed by atoms with Gasteiger partial charge in [-0.25, -0.2) is 0 Å². The maximum absolute atomic E-state index is 12.3. The molecule has 6 nitrogen and oxygen atoms in total. The smallest absolute Gasteiger partial charge is 0.306 e. The summed E-state index contributed by atoms with van der Waals surface area (Å²) in [7, 11) is 1.68. The first-order chi connectivity index (χ1) is 13.5. The first-order valence-electron chi connectivity index (χ1n) is 9.44. The first-order valence-corrected chi connectivity index (χ1v) is 9.44. The number of carbonyl (C=O) groups excluding carboxylic acids is 1. The van der Waals surface area contributed by atoms with Gasteiger partial charge in [-0.3, -0.25) is 9.59 Å². The number of amides is 1. The zero-order valence-corrected chi connectivity index (χ0v) is 15.9. The molecule has 0 saturated heterocycles. The summed E-state index contributed by atoms with van der Waals surface area (Å²) in [5.41, 5.74) is 1.86. The summed E-state index contributed by atoms with van der Waals surface area (Å²) in [5, 5.41) is 11.9. The van der Waals surface area contributed by atoms with E-state index in [-0.39, 0.29) is 11.8 Å². The van der Waals surface area contributed by atoms with Crippen LogP contribution in [0.5, 0.6) is 11.5 Å². The van der Waals surface area contributed by atoms with Crippen LogP contribution in [0.2, 0.25) is 0 Å². The van der Waals surface area contributed by atoms with Crippen molar-refractivity contribution in [3.8, 4) is 11.5 Å². The molecule has 0 radical (unpaired) electrons. The number of carboxylic acid groups (broad SMARTS) is 1. The lowest BCUT2D eigenvalue weighted by Crippen LogP contribution is -2.21. The third kappa shape index (κ3) is 5.33. The van der Waals surface area contributed by atoms with Crippen molar-refractivity contribution in [2.24, 2.45) is 11.8 Å². The summed E-state index contributed by atoms with van der Waals surface area (Å²) in [4.78, 5) is 23.4. The van der Waals surface area contributed by atoms with Crippen LogP contribution in [0.3, 0.4) is 0 Å². The quantitative estimate of drug-likeness (QED) is 0.717. The Morgan fingerprint density at radius 1 is 1.00 bits per heavy atom. The summed E-state index contributed by atoms with van der Waals surface area (Å²) >= 11 is 0. The molecular formula is C22H25NO5. The van der Waals surface area contributed by atoms with E-state index in [1.807, 2.05) is 24.3 Å². The van der Waals surface area contributed by atoms with Crippen LogP contribution in [0.15, 0.2) is 48.5 Å². The molecule has 0 bridgehead atoms. The number of carboxylic acids is 1. The van der Waals surface area contributed by atoms with Crippen LogP contribution in [-0.2, 0) is 20.7 Å². The lowest BCUT2D eigenvalue weighted by atomic mass is 10.0. The van der Waals surface area contributed by atoms with Gasteiger partial charge < -0.3 is 19.9 Å². The molecule has 2 aromatic carbocycles. The molecule has 1 aliphatic rings. The molecule has 1 saturated carbocycles. The van der Waals surface area contributed by atoms with E-state index in [0.717, 1.165) is 12.2 Å². The fraction of sp³-hybridized carbons (Fsp3) is 0.364. The summed E-state index contributed by atoms with van der Waals surface area (Å²) in [6.07, 6.45) is 2.44. The molecule has 1 amide bonds. The Hall–Kier alpha value is -2.86. The van der Waals surface area contributed by atoms with Crippen molar-refractivity contribution >= 4 is 17.6 Å². The second kappa shape index (κ2) is 9.37. The van der Waals surface area contributed by atoms with Gasteiger partial charge in [-0.2, -0.15) is 0 Å². The number of methoxy groups -OCH3 is 1. The number of rotatable bonds is 8. The monoisotopic (exact) mass is 383 g/mol. The molecule has 2 aromatic rings. The molecule has 0 aromatic heterocycles. The van der Waals surface area contributed by atoms with Crippen LogP contribution < -0.4 is 10.1 Å². The lowest BCUT2D eigenvalue weighted by molar-refractivity contribution is -0.141. The van der Waals surface area contributed by atoms with Gasteiger partial charge in [0.1, 0.15) is 11.5 Å². The number of hydrogen-bond acceptors (Lipinski definition) is 4. The van der Waals surface area contributed by atoms with Crippen LogP contribution in [-0.4, -0.2) is 30.7 Å². The zero-order valence-electron chi connectivity index (χ0n) is 15.9. The molecule has 0 heterocycles. The van der Waals surface area contributed by atoms with Crippen molar-refractivity contribution in [1.29, 1.82) is 0 Å². The minimum absolute atomic E-state index is 0.121.